The van der Waals surface area contributed by atoms with Crippen LogP contribution in [0.15, 0.2) is 29.2 Å². The molecule has 0 aliphatic heterocycles. The zero-order valence-electron chi connectivity index (χ0n) is 10.7. The molecule has 0 saturated heterocycles. The molecule has 4 nitrogen and oxygen atoms in total. The van der Waals surface area contributed by atoms with Crippen molar-refractivity contribution in [1.82, 2.24) is 0 Å². The molecule has 0 radical (unpaired) electrons. The quantitative estimate of drug-likeness (QED) is 0.829. The molecule has 1 N–H and O–H groups in total. The van der Waals surface area contributed by atoms with Crippen molar-refractivity contribution in [2.45, 2.75) is 18.7 Å². The van der Waals surface area contributed by atoms with Crippen LogP contribution < -0.4 is 5.32 Å². The highest BCUT2D eigenvalue weighted by Crippen LogP contribution is 2.15. The van der Waals surface area contributed by atoms with Crippen LogP contribution >= 0.6 is 0 Å². The van der Waals surface area contributed by atoms with Crippen molar-refractivity contribution in [3.05, 3.63) is 24.3 Å². The molecule has 0 aromatic heterocycles. The first-order chi connectivity index (χ1) is 8.49. The summed E-state index contributed by atoms with van der Waals surface area (Å²) < 4.78 is 34.4. The second kappa shape index (κ2) is 6.89. The Morgan fingerprint density at radius 1 is 1.17 bits per heavy atom. The van der Waals surface area contributed by atoms with Crippen LogP contribution in [0.5, 0.6) is 0 Å². The monoisotopic (exact) mass is 289 g/mol. The van der Waals surface area contributed by atoms with E-state index in [0.29, 0.717) is 22.9 Å². The summed E-state index contributed by atoms with van der Waals surface area (Å²) in [7, 11) is -3.91. The van der Waals surface area contributed by atoms with E-state index in [0.717, 1.165) is 5.69 Å². The molecule has 0 fully saturated rings. The Balaban J connectivity index is 2.59. The summed E-state index contributed by atoms with van der Waals surface area (Å²) >= 11 is 0. The fraction of sp³-hybridized carbons (Fsp3) is 0.500. The van der Waals surface area contributed by atoms with E-state index in [2.05, 4.69) is 5.32 Å². The Labute approximate surface area is 111 Å². The average Bonchev–Trinajstić information content (AvgIpc) is 2.39. The van der Waals surface area contributed by atoms with Crippen molar-refractivity contribution in [2.75, 3.05) is 29.1 Å². The van der Waals surface area contributed by atoms with E-state index in [1.807, 2.05) is 6.92 Å². The van der Waals surface area contributed by atoms with Gasteiger partial charge in [0.1, 0.15) is 0 Å². The fourth-order valence-corrected chi connectivity index (χ4v) is 2.90. The van der Waals surface area contributed by atoms with Gasteiger partial charge in [0.05, 0.1) is 10.6 Å². The van der Waals surface area contributed by atoms with Crippen molar-refractivity contribution < 1.29 is 12.6 Å². The Kier molecular flexibility index (Phi) is 5.81. The SMILES string of the molecule is CCS(=O)CCNc1ccc(S(=O)(=O)CC)cc1. The lowest BCUT2D eigenvalue weighted by atomic mass is 10.3. The molecule has 1 aromatic rings. The Bertz CT molecular complexity index is 495. The third-order valence-corrected chi connectivity index (χ3v) is 5.63. The molecule has 0 aliphatic carbocycles. The van der Waals surface area contributed by atoms with E-state index >= 15 is 0 Å². The van der Waals surface area contributed by atoms with Crippen LogP contribution in [0.25, 0.3) is 0 Å². The van der Waals surface area contributed by atoms with Crippen molar-refractivity contribution in [2.24, 2.45) is 0 Å². The summed E-state index contributed by atoms with van der Waals surface area (Å²) in [5.74, 6) is 1.37. The first-order valence-electron chi connectivity index (χ1n) is 5.91. The van der Waals surface area contributed by atoms with Crippen LogP contribution in [-0.2, 0) is 20.6 Å². The molecule has 0 aliphatic rings. The molecule has 0 amide bonds. The van der Waals surface area contributed by atoms with Gasteiger partial charge in [0, 0.05) is 34.5 Å². The smallest absolute Gasteiger partial charge is 0.178 e. The first kappa shape index (κ1) is 15.2. The number of nitrogens with one attached hydrogen (secondary N) is 1. The van der Waals surface area contributed by atoms with E-state index in [-0.39, 0.29) is 5.75 Å². The van der Waals surface area contributed by atoms with Crippen LogP contribution in [0, 0.1) is 0 Å². The standard InChI is InChI=1S/C12H19NO3S2/c1-3-17(14)10-9-13-11-5-7-12(8-6-11)18(15,16)4-2/h5-8,13H,3-4,9-10H2,1-2H3. The summed E-state index contributed by atoms with van der Waals surface area (Å²) in [6, 6.07) is 6.66. The lowest BCUT2D eigenvalue weighted by Crippen LogP contribution is -2.12. The van der Waals surface area contributed by atoms with E-state index in [1.54, 1.807) is 31.2 Å². The third kappa shape index (κ3) is 4.42. The van der Waals surface area contributed by atoms with E-state index < -0.39 is 20.6 Å². The molecule has 1 aromatic carbocycles. The molecular formula is C12H19NO3S2. The molecule has 1 unspecified atom stereocenters. The average molecular weight is 289 g/mol. The summed E-state index contributed by atoms with van der Waals surface area (Å²) in [6.07, 6.45) is 0. The van der Waals surface area contributed by atoms with Crippen molar-refractivity contribution >= 4 is 26.3 Å². The van der Waals surface area contributed by atoms with Gasteiger partial charge in [-0.15, -0.1) is 0 Å². The van der Waals surface area contributed by atoms with Gasteiger partial charge >= 0.3 is 0 Å². The first-order valence-corrected chi connectivity index (χ1v) is 9.05. The summed E-state index contributed by atoms with van der Waals surface area (Å²) in [4.78, 5) is 0.340. The maximum atomic E-state index is 11.6. The molecule has 6 heteroatoms. The Morgan fingerprint density at radius 3 is 2.28 bits per heavy atom. The molecule has 0 spiro atoms. The molecule has 0 saturated carbocycles. The van der Waals surface area contributed by atoms with Crippen molar-refractivity contribution in [1.29, 1.82) is 0 Å². The number of sulfone groups is 1. The van der Waals surface area contributed by atoms with Gasteiger partial charge in [0.2, 0.25) is 0 Å². The van der Waals surface area contributed by atoms with Crippen LogP contribution in [0.2, 0.25) is 0 Å². The summed E-state index contributed by atoms with van der Waals surface area (Å²) in [5.41, 5.74) is 0.846. The summed E-state index contributed by atoms with van der Waals surface area (Å²) in [6.45, 7) is 4.14. The molecule has 0 heterocycles. The number of rotatable bonds is 7. The van der Waals surface area contributed by atoms with Crippen LogP contribution in [0.1, 0.15) is 13.8 Å². The van der Waals surface area contributed by atoms with Crippen LogP contribution in [-0.4, -0.2) is 36.4 Å². The minimum absolute atomic E-state index is 0.106. The zero-order chi connectivity index (χ0) is 13.6. The fourth-order valence-electron chi connectivity index (χ4n) is 1.40. The lowest BCUT2D eigenvalue weighted by Gasteiger charge is -2.07. The molecule has 1 rings (SSSR count). The minimum Gasteiger partial charge on any atom is -0.384 e. The zero-order valence-corrected chi connectivity index (χ0v) is 12.3. The second-order valence-electron chi connectivity index (χ2n) is 3.79. The van der Waals surface area contributed by atoms with Gasteiger partial charge in [0.15, 0.2) is 9.84 Å². The molecule has 102 valence electrons. The highest BCUT2D eigenvalue weighted by Gasteiger charge is 2.10. The van der Waals surface area contributed by atoms with Crippen molar-refractivity contribution in [3.8, 4) is 0 Å². The molecule has 0 bridgehead atoms. The summed E-state index contributed by atoms with van der Waals surface area (Å²) in [5, 5.41) is 3.12. The maximum absolute atomic E-state index is 11.6. The second-order valence-corrected chi connectivity index (χ2v) is 7.93. The highest BCUT2D eigenvalue weighted by atomic mass is 32.2. The van der Waals surface area contributed by atoms with Gasteiger partial charge in [-0.2, -0.15) is 0 Å². The molecule has 18 heavy (non-hydrogen) atoms. The number of hydrogen-bond donors (Lipinski definition) is 1. The van der Waals surface area contributed by atoms with Gasteiger partial charge in [-0.3, -0.25) is 4.21 Å². The number of benzene rings is 1. The Hall–Kier alpha value is -0.880. The largest absolute Gasteiger partial charge is 0.384 e. The van der Waals surface area contributed by atoms with Gasteiger partial charge in [0.25, 0.3) is 0 Å². The Morgan fingerprint density at radius 2 is 1.78 bits per heavy atom. The molecular weight excluding hydrogens is 270 g/mol. The van der Waals surface area contributed by atoms with E-state index in [1.165, 1.54) is 0 Å². The van der Waals surface area contributed by atoms with Crippen molar-refractivity contribution in [3.63, 3.8) is 0 Å². The van der Waals surface area contributed by atoms with Crippen LogP contribution in [0.3, 0.4) is 0 Å². The van der Waals surface area contributed by atoms with E-state index in [4.69, 9.17) is 0 Å². The number of hydrogen-bond acceptors (Lipinski definition) is 4. The minimum atomic E-state index is -3.13. The maximum Gasteiger partial charge on any atom is 0.178 e. The highest BCUT2D eigenvalue weighted by molar-refractivity contribution is 7.91. The van der Waals surface area contributed by atoms with Gasteiger partial charge in [-0.1, -0.05) is 13.8 Å². The van der Waals surface area contributed by atoms with Gasteiger partial charge in [-0.25, -0.2) is 8.42 Å². The van der Waals surface area contributed by atoms with Gasteiger partial charge in [-0.05, 0) is 24.3 Å². The topological polar surface area (TPSA) is 63.2 Å². The van der Waals surface area contributed by atoms with Crippen LogP contribution in [0.4, 0.5) is 5.69 Å². The van der Waals surface area contributed by atoms with E-state index in [9.17, 15) is 12.6 Å². The normalized spacial score (nSPS) is 13.2. The molecule has 1 atom stereocenters. The third-order valence-electron chi connectivity index (χ3n) is 2.57. The van der Waals surface area contributed by atoms with Gasteiger partial charge < -0.3 is 5.32 Å². The number of anilines is 1. The predicted octanol–water partition coefficient (Wildman–Crippen LogP) is 1.66. The predicted molar refractivity (Wildman–Crippen MR) is 76.2 cm³/mol. The lowest BCUT2D eigenvalue weighted by molar-refractivity contribution is 0.597.